The molecule has 1 amide bonds. The van der Waals surface area contributed by atoms with Gasteiger partial charge in [-0.25, -0.2) is 9.67 Å². The summed E-state index contributed by atoms with van der Waals surface area (Å²) in [7, 11) is 1.55. The molecule has 2 atom stereocenters. The van der Waals surface area contributed by atoms with Gasteiger partial charge in [0.25, 0.3) is 5.91 Å². The summed E-state index contributed by atoms with van der Waals surface area (Å²) in [5, 5.41) is 14.2. The maximum Gasteiger partial charge on any atom is 0.417 e. The van der Waals surface area contributed by atoms with E-state index in [1.807, 2.05) is 19.1 Å². The van der Waals surface area contributed by atoms with E-state index in [-0.39, 0.29) is 11.8 Å². The number of amides is 1. The summed E-state index contributed by atoms with van der Waals surface area (Å²) in [4.78, 5) is 26.0. The lowest BCUT2D eigenvalue weighted by Crippen LogP contribution is -2.51. The third-order valence-electron chi connectivity index (χ3n) is 6.15. The Morgan fingerprint density at radius 2 is 1.88 bits per heavy atom. The van der Waals surface area contributed by atoms with Gasteiger partial charge in [0.1, 0.15) is 12.1 Å². The lowest BCUT2D eigenvalue weighted by molar-refractivity contribution is -0.138. The fourth-order valence-corrected chi connectivity index (χ4v) is 3.87. The largest absolute Gasteiger partial charge is 0.495 e. The van der Waals surface area contributed by atoms with Crippen LogP contribution in [0.25, 0.3) is 5.69 Å². The molecule has 0 radical (unpaired) electrons. The van der Waals surface area contributed by atoms with Crippen molar-refractivity contribution in [3.63, 3.8) is 0 Å². The fraction of sp³-hybridized carbons (Fsp3) is 0.346. The van der Waals surface area contributed by atoms with Crippen molar-refractivity contribution in [2.75, 3.05) is 7.11 Å². The van der Waals surface area contributed by atoms with Crippen molar-refractivity contribution in [3.05, 3.63) is 78.3 Å². The van der Waals surface area contributed by atoms with Gasteiger partial charge in [0.05, 0.1) is 24.6 Å². The molecule has 0 spiro atoms. The normalized spacial score (nSPS) is 13.4. The van der Waals surface area contributed by atoms with Crippen molar-refractivity contribution in [2.24, 2.45) is 0 Å². The summed E-state index contributed by atoms with van der Waals surface area (Å²) in [6, 6.07) is 8.64. The predicted molar refractivity (Wildman–Crippen MR) is 136 cm³/mol. The standard InChI is InChI=1S/C26H27F3N8O3/c1-16(34-24(38)25(2,3)40-23-8-5-17(13-32-23)26(27,28)29)21(11-18-6-7-20(39-4)14-31-18)22-12-19(9-10-30-22)37-15-33-35-36-37/h5-10,12-16,21H,11H2,1-4H3,(H,34,38). The summed E-state index contributed by atoms with van der Waals surface area (Å²) in [6.45, 7) is 4.83. The molecule has 4 rings (SSSR count). The zero-order chi connectivity index (χ0) is 28.9. The lowest BCUT2D eigenvalue weighted by atomic mass is 9.90. The molecule has 14 heteroatoms. The van der Waals surface area contributed by atoms with Crippen LogP contribution in [-0.4, -0.2) is 59.8 Å². The molecule has 210 valence electrons. The molecule has 0 saturated heterocycles. The molecular formula is C26H27F3N8O3. The highest BCUT2D eigenvalue weighted by Crippen LogP contribution is 2.30. The number of nitrogens with zero attached hydrogens (tertiary/aromatic N) is 7. The number of nitrogens with one attached hydrogen (secondary N) is 1. The molecule has 0 aliphatic carbocycles. The Morgan fingerprint density at radius 1 is 1.07 bits per heavy atom. The number of aromatic nitrogens is 7. The van der Waals surface area contributed by atoms with Crippen LogP contribution in [0.3, 0.4) is 0 Å². The van der Waals surface area contributed by atoms with Crippen LogP contribution in [-0.2, 0) is 17.4 Å². The molecular weight excluding hydrogens is 529 g/mol. The van der Waals surface area contributed by atoms with E-state index in [4.69, 9.17) is 9.47 Å². The highest BCUT2D eigenvalue weighted by molar-refractivity contribution is 5.85. The second-order valence-corrected chi connectivity index (χ2v) is 9.45. The van der Waals surface area contributed by atoms with Crippen molar-refractivity contribution < 1.29 is 27.4 Å². The maximum absolute atomic E-state index is 13.3. The molecule has 0 aliphatic heterocycles. The van der Waals surface area contributed by atoms with Crippen LogP contribution < -0.4 is 14.8 Å². The van der Waals surface area contributed by atoms with E-state index in [9.17, 15) is 18.0 Å². The van der Waals surface area contributed by atoms with Crippen LogP contribution in [0.5, 0.6) is 11.6 Å². The summed E-state index contributed by atoms with van der Waals surface area (Å²) >= 11 is 0. The monoisotopic (exact) mass is 556 g/mol. The minimum Gasteiger partial charge on any atom is -0.495 e. The van der Waals surface area contributed by atoms with Crippen molar-refractivity contribution in [2.45, 2.75) is 50.9 Å². The van der Waals surface area contributed by atoms with Gasteiger partial charge < -0.3 is 14.8 Å². The van der Waals surface area contributed by atoms with E-state index < -0.39 is 29.3 Å². The molecule has 0 aliphatic rings. The van der Waals surface area contributed by atoms with Gasteiger partial charge in [0, 0.05) is 41.8 Å². The predicted octanol–water partition coefficient (Wildman–Crippen LogP) is 3.56. The minimum atomic E-state index is -4.53. The van der Waals surface area contributed by atoms with Crippen molar-refractivity contribution in [1.29, 1.82) is 0 Å². The van der Waals surface area contributed by atoms with Gasteiger partial charge in [-0.1, -0.05) is 0 Å². The minimum absolute atomic E-state index is 0.115. The third-order valence-corrected chi connectivity index (χ3v) is 6.15. The quantitative estimate of drug-likeness (QED) is 0.312. The van der Waals surface area contributed by atoms with E-state index >= 15 is 0 Å². The molecule has 4 aromatic heterocycles. The van der Waals surface area contributed by atoms with Crippen molar-refractivity contribution >= 4 is 5.91 Å². The number of pyridine rings is 3. The fourth-order valence-electron chi connectivity index (χ4n) is 3.87. The number of methoxy groups -OCH3 is 1. The van der Waals surface area contributed by atoms with E-state index in [0.717, 1.165) is 17.8 Å². The molecule has 4 aromatic rings. The Kier molecular flexibility index (Phi) is 8.26. The SMILES string of the molecule is COc1ccc(CC(c2cc(-n3cnnn3)ccn2)C(C)NC(=O)C(C)(C)Oc2ccc(C(F)(F)F)cn2)nc1. The molecule has 0 saturated carbocycles. The summed E-state index contributed by atoms with van der Waals surface area (Å²) in [5.74, 6) is -0.348. The van der Waals surface area contributed by atoms with Crippen LogP contribution in [0.1, 0.15) is 43.6 Å². The smallest absolute Gasteiger partial charge is 0.417 e. The number of hydrogen-bond donors (Lipinski definition) is 1. The molecule has 0 aromatic carbocycles. The van der Waals surface area contributed by atoms with Crippen molar-refractivity contribution in [1.82, 2.24) is 40.5 Å². The Morgan fingerprint density at radius 3 is 2.48 bits per heavy atom. The summed E-state index contributed by atoms with van der Waals surface area (Å²) in [6.07, 6.45) is 1.23. The number of hydrogen-bond acceptors (Lipinski definition) is 9. The first kappa shape index (κ1) is 28.4. The number of ether oxygens (including phenoxy) is 2. The maximum atomic E-state index is 13.3. The van der Waals surface area contributed by atoms with Crippen LogP contribution in [0.4, 0.5) is 13.2 Å². The number of carbonyl (C=O) groups is 1. The van der Waals surface area contributed by atoms with Crippen molar-refractivity contribution in [3.8, 4) is 17.3 Å². The van der Waals surface area contributed by atoms with E-state index in [1.54, 1.807) is 31.6 Å². The average molecular weight is 557 g/mol. The Labute approximate surface area is 227 Å². The molecule has 4 heterocycles. The molecule has 11 nitrogen and oxygen atoms in total. The van der Waals surface area contributed by atoms with Gasteiger partial charge >= 0.3 is 6.18 Å². The number of halogens is 3. The van der Waals surface area contributed by atoms with Gasteiger partial charge in [-0.3, -0.25) is 14.8 Å². The van der Waals surface area contributed by atoms with Gasteiger partial charge in [-0.15, -0.1) is 5.10 Å². The first-order valence-corrected chi connectivity index (χ1v) is 12.2. The summed E-state index contributed by atoms with van der Waals surface area (Å²) < 4.78 is 51.0. The molecule has 0 fully saturated rings. The number of carbonyl (C=O) groups excluding carboxylic acids is 1. The lowest BCUT2D eigenvalue weighted by Gasteiger charge is -2.30. The first-order chi connectivity index (χ1) is 19.0. The first-order valence-electron chi connectivity index (χ1n) is 12.2. The van der Waals surface area contributed by atoms with Gasteiger partial charge in [0.15, 0.2) is 5.60 Å². The highest BCUT2D eigenvalue weighted by atomic mass is 19.4. The molecule has 2 unspecified atom stereocenters. The van der Waals surface area contributed by atoms with Gasteiger partial charge in [0.2, 0.25) is 5.88 Å². The molecule has 40 heavy (non-hydrogen) atoms. The summed E-state index contributed by atoms with van der Waals surface area (Å²) in [5.41, 5.74) is -0.293. The number of alkyl halides is 3. The van der Waals surface area contributed by atoms with Crippen LogP contribution >= 0.6 is 0 Å². The molecule has 0 bridgehead atoms. The van der Waals surface area contributed by atoms with Gasteiger partial charge in [-0.2, -0.15) is 13.2 Å². The molecule has 1 N–H and O–H groups in total. The van der Waals surface area contributed by atoms with E-state index in [1.165, 1.54) is 24.9 Å². The zero-order valence-corrected chi connectivity index (χ0v) is 22.1. The Balaban J connectivity index is 1.55. The number of tetrazole rings is 1. The van der Waals surface area contributed by atoms with E-state index in [0.29, 0.717) is 29.7 Å². The van der Waals surface area contributed by atoms with E-state index in [2.05, 4.69) is 35.8 Å². The third kappa shape index (κ3) is 6.87. The van der Waals surface area contributed by atoms with Crippen LogP contribution in [0.15, 0.2) is 61.3 Å². The second-order valence-electron chi connectivity index (χ2n) is 9.45. The van der Waals surface area contributed by atoms with Crippen LogP contribution in [0, 0.1) is 0 Å². The Hall–Kier alpha value is -4.62. The Bertz CT molecular complexity index is 1410. The zero-order valence-electron chi connectivity index (χ0n) is 22.1. The topological polar surface area (TPSA) is 130 Å². The number of rotatable bonds is 10. The highest BCUT2D eigenvalue weighted by Gasteiger charge is 2.35. The average Bonchev–Trinajstić information content (AvgIpc) is 3.47. The second kappa shape index (κ2) is 11.6. The van der Waals surface area contributed by atoms with Crippen LogP contribution in [0.2, 0.25) is 0 Å². The van der Waals surface area contributed by atoms with Gasteiger partial charge in [-0.05, 0) is 68.0 Å².